The van der Waals surface area contributed by atoms with Crippen LogP contribution >= 0.6 is 0 Å². The molecule has 0 aliphatic rings. The number of carbonyl (C=O) groups excluding carboxylic acids is 1. The predicted octanol–water partition coefficient (Wildman–Crippen LogP) is 2.01. The molecule has 1 aromatic rings. The van der Waals surface area contributed by atoms with Gasteiger partial charge in [-0.25, -0.2) is 4.79 Å². The Bertz CT molecular complexity index is 326. The number of aryl methyl sites for hydroxylation is 1. The van der Waals surface area contributed by atoms with Crippen LogP contribution < -0.4 is 0 Å². The van der Waals surface area contributed by atoms with Crippen LogP contribution in [0, 0.1) is 5.92 Å². The Hall–Kier alpha value is -1.25. The third-order valence-electron chi connectivity index (χ3n) is 2.10. The van der Waals surface area contributed by atoms with E-state index in [9.17, 15) is 4.79 Å². The molecule has 0 aliphatic heterocycles. The molecule has 0 amide bonds. The molecule has 0 bridgehead atoms. The first-order chi connectivity index (χ1) is 6.54. The number of rotatable bonds is 3. The molecule has 78 valence electrons. The monoisotopic (exact) mass is 195 g/mol. The molecule has 3 heteroatoms. The fraction of sp³-hybridized carbons (Fsp3) is 0.545. The summed E-state index contributed by atoms with van der Waals surface area (Å²) in [5, 5.41) is 0. The van der Waals surface area contributed by atoms with Crippen LogP contribution in [0.1, 0.15) is 29.9 Å². The van der Waals surface area contributed by atoms with E-state index in [1.54, 1.807) is 0 Å². The van der Waals surface area contributed by atoms with Crippen LogP contribution in [-0.4, -0.2) is 17.6 Å². The first-order valence-corrected chi connectivity index (χ1v) is 4.78. The second-order valence-electron chi connectivity index (χ2n) is 3.93. The van der Waals surface area contributed by atoms with Gasteiger partial charge in [-0.1, -0.05) is 13.8 Å². The van der Waals surface area contributed by atoms with Gasteiger partial charge >= 0.3 is 5.97 Å². The summed E-state index contributed by atoms with van der Waals surface area (Å²) in [6, 6.07) is 1.89. The van der Waals surface area contributed by atoms with Crippen molar-refractivity contribution in [3.63, 3.8) is 0 Å². The number of hydrogen-bond acceptors (Lipinski definition) is 2. The summed E-state index contributed by atoms with van der Waals surface area (Å²) < 4.78 is 6.48. The molecule has 0 N–H and O–H groups in total. The van der Waals surface area contributed by atoms with Crippen molar-refractivity contribution >= 4 is 5.97 Å². The summed E-state index contributed by atoms with van der Waals surface area (Å²) in [6.07, 6.45) is 2.97. The Kier molecular flexibility index (Phi) is 3.33. The summed E-state index contributed by atoms with van der Waals surface area (Å²) in [4.78, 5) is 11.3. The van der Waals surface area contributed by atoms with Gasteiger partial charge < -0.3 is 9.30 Å². The summed E-state index contributed by atoms with van der Waals surface area (Å²) in [6.45, 7) is 4.32. The maximum absolute atomic E-state index is 11.3. The number of nitrogens with zero attached hydrogens (tertiary/aromatic N) is 1. The van der Waals surface area contributed by atoms with Gasteiger partial charge in [0.05, 0.1) is 7.11 Å². The minimum atomic E-state index is -0.275. The quantitative estimate of drug-likeness (QED) is 0.691. The molecule has 0 atom stereocenters. The molecule has 1 heterocycles. The topological polar surface area (TPSA) is 31.2 Å². The minimum Gasteiger partial charge on any atom is -0.464 e. The molecule has 0 aliphatic carbocycles. The van der Waals surface area contributed by atoms with Gasteiger partial charge in [0.2, 0.25) is 0 Å². The highest BCUT2D eigenvalue weighted by Gasteiger charge is 2.11. The maximum atomic E-state index is 11.3. The summed E-state index contributed by atoms with van der Waals surface area (Å²) in [5.41, 5.74) is 1.80. The zero-order chi connectivity index (χ0) is 10.7. The Balaban J connectivity index is 2.87. The fourth-order valence-corrected chi connectivity index (χ4v) is 1.52. The lowest BCUT2D eigenvalue weighted by atomic mass is 10.1. The zero-order valence-corrected chi connectivity index (χ0v) is 9.20. The van der Waals surface area contributed by atoms with Crippen LogP contribution in [0.3, 0.4) is 0 Å². The minimum absolute atomic E-state index is 0.275. The maximum Gasteiger partial charge on any atom is 0.354 e. The molecule has 0 spiro atoms. The van der Waals surface area contributed by atoms with Crippen LogP contribution in [0.25, 0.3) is 0 Å². The molecular formula is C11H17NO2. The third kappa shape index (κ3) is 2.37. The lowest BCUT2D eigenvalue weighted by molar-refractivity contribution is 0.0590. The second kappa shape index (κ2) is 4.31. The highest BCUT2D eigenvalue weighted by atomic mass is 16.5. The first-order valence-electron chi connectivity index (χ1n) is 4.78. The number of ether oxygens (including phenoxy) is 1. The fourth-order valence-electron chi connectivity index (χ4n) is 1.52. The molecule has 3 nitrogen and oxygen atoms in total. The average molecular weight is 195 g/mol. The van der Waals surface area contributed by atoms with Crippen LogP contribution in [-0.2, 0) is 18.2 Å². The van der Waals surface area contributed by atoms with E-state index in [-0.39, 0.29) is 5.97 Å². The molecule has 0 saturated carbocycles. The third-order valence-corrected chi connectivity index (χ3v) is 2.10. The summed E-state index contributed by atoms with van der Waals surface area (Å²) >= 11 is 0. The molecule has 0 unspecified atom stereocenters. The lowest BCUT2D eigenvalue weighted by Crippen LogP contribution is -2.06. The van der Waals surface area contributed by atoms with Gasteiger partial charge in [-0.15, -0.1) is 0 Å². The van der Waals surface area contributed by atoms with E-state index in [2.05, 4.69) is 18.6 Å². The van der Waals surface area contributed by atoms with Crippen LogP contribution in [0.15, 0.2) is 12.3 Å². The van der Waals surface area contributed by atoms with Gasteiger partial charge in [-0.05, 0) is 24.0 Å². The average Bonchev–Trinajstić information content (AvgIpc) is 2.44. The highest BCUT2D eigenvalue weighted by molar-refractivity contribution is 5.87. The number of carbonyl (C=O) groups is 1. The molecule has 0 radical (unpaired) electrons. The highest BCUT2D eigenvalue weighted by Crippen LogP contribution is 2.12. The van der Waals surface area contributed by atoms with Crippen molar-refractivity contribution in [1.29, 1.82) is 0 Å². The molecular weight excluding hydrogens is 178 g/mol. The van der Waals surface area contributed by atoms with E-state index < -0.39 is 0 Å². The van der Waals surface area contributed by atoms with Gasteiger partial charge in [0.15, 0.2) is 0 Å². The van der Waals surface area contributed by atoms with E-state index in [1.807, 2.05) is 23.9 Å². The van der Waals surface area contributed by atoms with Crippen LogP contribution in [0.5, 0.6) is 0 Å². The normalized spacial score (nSPS) is 10.6. The van der Waals surface area contributed by atoms with Crippen molar-refractivity contribution in [2.75, 3.05) is 7.11 Å². The summed E-state index contributed by atoms with van der Waals surface area (Å²) in [5.74, 6) is 0.324. The van der Waals surface area contributed by atoms with Crippen molar-refractivity contribution in [2.45, 2.75) is 20.3 Å². The molecule has 1 aromatic heterocycles. The molecule has 14 heavy (non-hydrogen) atoms. The van der Waals surface area contributed by atoms with Crippen LogP contribution in [0.2, 0.25) is 0 Å². The Morgan fingerprint density at radius 3 is 2.71 bits per heavy atom. The second-order valence-corrected chi connectivity index (χ2v) is 3.93. The van der Waals surface area contributed by atoms with Crippen molar-refractivity contribution in [3.8, 4) is 0 Å². The van der Waals surface area contributed by atoms with Gasteiger partial charge in [-0.2, -0.15) is 0 Å². The number of aromatic nitrogens is 1. The Morgan fingerprint density at radius 1 is 1.57 bits per heavy atom. The van der Waals surface area contributed by atoms with E-state index in [0.29, 0.717) is 11.6 Å². The van der Waals surface area contributed by atoms with Crippen molar-refractivity contribution in [1.82, 2.24) is 4.57 Å². The first kappa shape index (κ1) is 10.8. The smallest absolute Gasteiger partial charge is 0.354 e. The van der Waals surface area contributed by atoms with Gasteiger partial charge in [-0.3, -0.25) is 0 Å². The van der Waals surface area contributed by atoms with Crippen molar-refractivity contribution < 1.29 is 9.53 Å². The zero-order valence-electron chi connectivity index (χ0n) is 9.20. The molecule has 0 saturated heterocycles. The molecule has 0 fully saturated rings. The van der Waals surface area contributed by atoms with Gasteiger partial charge in [0.25, 0.3) is 0 Å². The van der Waals surface area contributed by atoms with Gasteiger partial charge in [0.1, 0.15) is 5.69 Å². The summed E-state index contributed by atoms with van der Waals surface area (Å²) in [7, 11) is 3.26. The molecule has 0 aromatic carbocycles. The van der Waals surface area contributed by atoms with Crippen molar-refractivity contribution in [3.05, 3.63) is 23.5 Å². The molecule has 1 rings (SSSR count). The number of esters is 1. The van der Waals surface area contributed by atoms with E-state index >= 15 is 0 Å². The van der Waals surface area contributed by atoms with Crippen molar-refractivity contribution in [2.24, 2.45) is 13.0 Å². The SMILES string of the molecule is COC(=O)c1cc(CC(C)C)cn1C. The van der Waals surface area contributed by atoms with E-state index in [4.69, 9.17) is 0 Å². The van der Waals surface area contributed by atoms with Crippen LogP contribution in [0.4, 0.5) is 0 Å². The standard InChI is InChI=1S/C11H17NO2/c1-8(2)5-9-6-10(11(13)14-4)12(3)7-9/h6-8H,5H2,1-4H3. The van der Waals surface area contributed by atoms with Gasteiger partial charge in [0, 0.05) is 13.2 Å². The predicted molar refractivity (Wildman–Crippen MR) is 55.3 cm³/mol. The van der Waals surface area contributed by atoms with E-state index in [0.717, 1.165) is 6.42 Å². The number of methoxy groups -OCH3 is 1. The number of hydrogen-bond donors (Lipinski definition) is 0. The Labute approximate surface area is 84.7 Å². The largest absolute Gasteiger partial charge is 0.464 e. The lowest BCUT2D eigenvalue weighted by Gasteiger charge is -1.99. The van der Waals surface area contributed by atoms with E-state index in [1.165, 1.54) is 12.7 Å². The Morgan fingerprint density at radius 2 is 2.21 bits per heavy atom.